The second-order valence-corrected chi connectivity index (χ2v) is 7.88. The van der Waals surface area contributed by atoms with Gasteiger partial charge in [0.05, 0.1) is 0 Å². The first kappa shape index (κ1) is 14.2. The number of hydrogen-bond donors (Lipinski definition) is 2. The van der Waals surface area contributed by atoms with Crippen molar-refractivity contribution in [3.8, 4) is 0 Å². The molecule has 18 heavy (non-hydrogen) atoms. The van der Waals surface area contributed by atoms with Gasteiger partial charge < -0.3 is 10.1 Å². The van der Waals surface area contributed by atoms with Gasteiger partial charge in [-0.05, 0) is 40.0 Å². The molecule has 0 aromatic heterocycles. The van der Waals surface area contributed by atoms with Gasteiger partial charge in [0.15, 0.2) is 0 Å². The predicted molar refractivity (Wildman–Crippen MR) is 81.6 cm³/mol. The van der Waals surface area contributed by atoms with Gasteiger partial charge in [-0.1, -0.05) is 0 Å². The molecule has 0 atom stereocenters. The fraction of sp³-hybridized carbons (Fsp3) is 0.818. The molecular weight excluding hydrogens is 365 g/mol. The summed E-state index contributed by atoms with van der Waals surface area (Å²) in [7, 11) is 1.44. The predicted octanol–water partition coefficient (Wildman–Crippen LogP) is 3.01. The molecule has 3 aliphatic rings. The molecule has 3 saturated carbocycles. The van der Waals surface area contributed by atoms with Gasteiger partial charge >= 0.3 is 6.09 Å². The molecule has 0 heterocycles. The van der Waals surface area contributed by atoms with E-state index in [0.717, 1.165) is 19.3 Å². The van der Waals surface area contributed by atoms with Crippen LogP contribution in [0.25, 0.3) is 0 Å². The molecule has 3 fully saturated rings. The summed E-state index contributed by atoms with van der Waals surface area (Å²) in [5.74, 6) is 0. The van der Waals surface area contributed by atoms with Gasteiger partial charge in [0.2, 0.25) is 0 Å². The monoisotopic (exact) mass is 383 g/mol. The highest BCUT2D eigenvalue weighted by Crippen LogP contribution is 2.66. The standard InChI is InChI=1S/C11H18IN3O2S/c1-9(2,3)17-8(16)14-11-4-10(5-11,6-11)7-13-15-18-12/h7,15H,4-6H2,1-3H3,(H,14,16)/b13-7+. The summed E-state index contributed by atoms with van der Waals surface area (Å²) in [4.78, 5) is 14.5. The second kappa shape index (κ2) is 4.73. The highest BCUT2D eigenvalue weighted by Gasteiger charge is 2.68. The van der Waals surface area contributed by atoms with E-state index in [4.69, 9.17) is 4.74 Å². The Kier molecular flexibility index (Phi) is 3.74. The molecular formula is C11H18IN3O2S. The molecule has 3 aliphatic carbocycles. The SMILES string of the molecule is CC(C)(C)OC(=O)NC12CC(/C=N/NSI)(C1)C2. The summed E-state index contributed by atoms with van der Waals surface area (Å²) in [5.41, 5.74) is -0.269. The first-order valence-electron chi connectivity index (χ1n) is 5.86. The smallest absolute Gasteiger partial charge is 0.408 e. The molecule has 3 rings (SSSR count). The first-order valence-corrected chi connectivity index (χ1v) is 9.22. The van der Waals surface area contributed by atoms with Crippen molar-refractivity contribution in [3.05, 3.63) is 0 Å². The summed E-state index contributed by atoms with van der Waals surface area (Å²) in [6.45, 7) is 5.61. The van der Waals surface area contributed by atoms with E-state index in [9.17, 15) is 4.79 Å². The maximum atomic E-state index is 11.7. The lowest BCUT2D eigenvalue weighted by molar-refractivity contribution is -0.0960. The van der Waals surface area contributed by atoms with Crippen LogP contribution in [0.15, 0.2) is 5.10 Å². The van der Waals surface area contributed by atoms with Gasteiger partial charge in [0, 0.05) is 47.5 Å². The lowest BCUT2D eigenvalue weighted by atomic mass is 9.40. The van der Waals surface area contributed by atoms with Gasteiger partial charge in [-0.2, -0.15) is 5.10 Å². The van der Waals surface area contributed by atoms with E-state index in [1.807, 2.05) is 27.0 Å². The van der Waals surface area contributed by atoms with Crippen molar-refractivity contribution in [3.63, 3.8) is 0 Å². The van der Waals surface area contributed by atoms with Crippen molar-refractivity contribution in [1.82, 2.24) is 10.1 Å². The average molecular weight is 383 g/mol. The Morgan fingerprint density at radius 3 is 2.56 bits per heavy atom. The van der Waals surface area contributed by atoms with Crippen molar-refractivity contribution >= 4 is 42.6 Å². The van der Waals surface area contributed by atoms with Crippen molar-refractivity contribution in [2.75, 3.05) is 0 Å². The van der Waals surface area contributed by atoms with Gasteiger partial charge in [-0.15, -0.1) is 0 Å². The minimum atomic E-state index is -0.436. The molecule has 0 saturated heterocycles. The largest absolute Gasteiger partial charge is 0.444 e. The van der Waals surface area contributed by atoms with E-state index in [2.05, 4.69) is 36.5 Å². The van der Waals surface area contributed by atoms with Crippen LogP contribution in [-0.4, -0.2) is 23.4 Å². The number of carbonyl (C=O) groups excluding carboxylic acids is 1. The van der Waals surface area contributed by atoms with Crippen LogP contribution in [0.4, 0.5) is 4.79 Å². The number of carbonyl (C=O) groups is 1. The van der Waals surface area contributed by atoms with Gasteiger partial charge in [0.25, 0.3) is 0 Å². The Hall–Kier alpha value is -0.180. The van der Waals surface area contributed by atoms with Crippen LogP contribution < -0.4 is 10.1 Å². The molecule has 0 aromatic carbocycles. The summed E-state index contributed by atoms with van der Waals surface area (Å²) in [5, 5.41) is 7.11. The molecule has 102 valence electrons. The topological polar surface area (TPSA) is 62.7 Å². The number of alkyl carbamates (subject to hydrolysis) is 1. The van der Waals surface area contributed by atoms with Crippen molar-refractivity contribution in [2.24, 2.45) is 10.5 Å². The quantitative estimate of drug-likeness (QED) is 0.339. The zero-order valence-electron chi connectivity index (χ0n) is 10.7. The second-order valence-electron chi connectivity index (χ2n) is 6.23. The number of nitrogens with zero attached hydrogens (tertiary/aromatic N) is 1. The number of rotatable bonds is 4. The Morgan fingerprint density at radius 1 is 1.44 bits per heavy atom. The Labute approximate surface area is 124 Å². The van der Waals surface area contributed by atoms with E-state index in [0.29, 0.717) is 0 Å². The average Bonchev–Trinajstić information content (AvgIpc) is 2.08. The zero-order valence-corrected chi connectivity index (χ0v) is 13.7. The third kappa shape index (κ3) is 3.04. The van der Waals surface area contributed by atoms with Crippen LogP contribution in [0.1, 0.15) is 40.0 Å². The lowest BCUT2D eigenvalue weighted by Gasteiger charge is -2.68. The van der Waals surface area contributed by atoms with Gasteiger partial charge in [0.1, 0.15) is 5.60 Å². The van der Waals surface area contributed by atoms with Gasteiger partial charge in [-0.3, -0.25) is 0 Å². The summed E-state index contributed by atoms with van der Waals surface area (Å²) in [6.07, 6.45) is 4.56. The van der Waals surface area contributed by atoms with E-state index < -0.39 is 5.60 Å². The highest BCUT2D eigenvalue weighted by atomic mass is 127. The first-order chi connectivity index (χ1) is 8.28. The van der Waals surface area contributed by atoms with Crippen LogP contribution in [-0.2, 0) is 4.74 Å². The maximum Gasteiger partial charge on any atom is 0.408 e. The fourth-order valence-electron chi connectivity index (χ4n) is 2.84. The molecule has 7 heteroatoms. The zero-order chi connectivity index (χ0) is 13.4. The van der Waals surface area contributed by atoms with E-state index in [-0.39, 0.29) is 17.0 Å². The normalized spacial score (nSPS) is 33.6. The van der Waals surface area contributed by atoms with Crippen LogP contribution in [0.5, 0.6) is 0 Å². The fourth-order valence-corrected chi connectivity index (χ4v) is 3.27. The summed E-state index contributed by atoms with van der Waals surface area (Å²) in [6, 6.07) is 0. The lowest BCUT2D eigenvalue weighted by Crippen LogP contribution is -2.75. The molecule has 0 aromatic rings. The molecule has 0 unspecified atom stereocenters. The number of amides is 1. The van der Waals surface area contributed by atoms with Crippen molar-refractivity contribution in [1.29, 1.82) is 0 Å². The molecule has 0 aliphatic heterocycles. The third-order valence-electron chi connectivity index (χ3n) is 3.26. The molecule has 2 N–H and O–H groups in total. The minimum Gasteiger partial charge on any atom is -0.444 e. The number of halogens is 1. The van der Waals surface area contributed by atoms with Crippen LogP contribution >= 0.6 is 30.3 Å². The summed E-state index contributed by atoms with van der Waals surface area (Å²) >= 11 is 2.13. The van der Waals surface area contributed by atoms with Crippen molar-refractivity contribution in [2.45, 2.75) is 51.2 Å². The van der Waals surface area contributed by atoms with E-state index in [1.165, 1.54) is 9.12 Å². The van der Waals surface area contributed by atoms with Gasteiger partial charge in [-0.25, -0.2) is 9.63 Å². The van der Waals surface area contributed by atoms with E-state index in [1.54, 1.807) is 0 Å². The summed E-state index contributed by atoms with van der Waals surface area (Å²) < 4.78 is 5.27. The molecule has 2 bridgehead atoms. The van der Waals surface area contributed by atoms with Crippen LogP contribution in [0.3, 0.4) is 0 Å². The van der Waals surface area contributed by atoms with Crippen molar-refractivity contribution < 1.29 is 9.53 Å². The number of hydrogen-bond acceptors (Lipinski definition) is 5. The van der Waals surface area contributed by atoms with Crippen LogP contribution in [0, 0.1) is 5.41 Å². The molecule has 1 amide bonds. The maximum absolute atomic E-state index is 11.7. The Morgan fingerprint density at radius 2 is 2.06 bits per heavy atom. The number of nitrogens with one attached hydrogen (secondary N) is 2. The molecule has 0 spiro atoms. The molecule has 5 nitrogen and oxygen atoms in total. The number of ether oxygens (including phenoxy) is 1. The third-order valence-corrected chi connectivity index (χ3v) is 4.03. The Balaban J connectivity index is 1.75. The minimum absolute atomic E-state index is 0.0359. The van der Waals surface area contributed by atoms with E-state index >= 15 is 0 Å². The highest BCUT2D eigenvalue weighted by molar-refractivity contribution is 14.2. The van der Waals surface area contributed by atoms with Crippen LogP contribution in [0.2, 0.25) is 0 Å². The molecule has 0 radical (unpaired) electrons. The Bertz CT molecular complexity index is 361. The number of hydrazone groups is 1.